The van der Waals surface area contributed by atoms with Crippen molar-refractivity contribution in [3.63, 3.8) is 0 Å². The van der Waals surface area contributed by atoms with Crippen molar-refractivity contribution in [2.45, 2.75) is 0 Å². The van der Waals surface area contributed by atoms with Crippen LogP contribution in [0.4, 0.5) is 5.69 Å². The van der Waals surface area contributed by atoms with Gasteiger partial charge in [0.25, 0.3) is 5.56 Å². The first-order valence-electron chi connectivity index (χ1n) is 4.25. The molecule has 5 heteroatoms. The number of benzene rings is 1. The van der Waals surface area contributed by atoms with Gasteiger partial charge in [0.2, 0.25) is 6.08 Å². The number of aryl methyl sites for hydroxylation is 1. The van der Waals surface area contributed by atoms with Crippen molar-refractivity contribution in [1.29, 1.82) is 0 Å². The first-order valence-corrected chi connectivity index (χ1v) is 4.25. The average Bonchev–Trinajstić information content (AvgIpc) is 2.25. The van der Waals surface area contributed by atoms with Gasteiger partial charge < -0.3 is 4.57 Å². The van der Waals surface area contributed by atoms with Crippen LogP contribution in [0.1, 0.15) is 0 Å². The van der Waals surface area contributed by atoms with Crippen LogP contribution in [0.5, 0.6) is 0 Å². The highest BCUT2D eigenvalue weighted by atomic mass is 16.1. The third-order valence-corrected chi connectivity index (χ3v) is 2.08. The molecule has 0 aliphatic rings. The number of nitrogens with zero attached hydrogens (tertiary/aromatic N) is 3. The summed E-state index contributed by atoms with van der Waals surface area (Å²) in [5.41, 5.74) is 0.827. The van der Waals surface area contributed by atoms with Gasteiger partial charge in [-0.05, 0) is 18.2 Å². The Balaban J connectivity index is 2.85. The number of isocyanates is 1. The minimum absolute atomic E-state index is 0.164. The normalized spacial score (nSPS) is 9.93. The lowest BCUT2D eigenvalue weighted by atomic mass is 10.2. The van der Waals surface area contributed by atoms with Gasteiger partial charge in [0.1, 0.15) is 0 Å². The summed E-state index contributed by atoms with van der Waals surface area (Å²) < 4.78 is 1.37. The molecular weight excluding hydrogens is 194 g/mol. The molecule has 0 fully saturated rings. The molecule has 0 radical (unpaired) electrons. The molecule has 0 spiro atoms. The predicted molar refractivity (Wildman–Crippen MR) is 54.8 cm³/mol. The average molecular weight is 201 g/mol. The van der Waals surface area contributed by atoms with E-state index >= 15 is 0 Å². The molecule has 2 aromatic rings. The monoisotopic (exact) mass is 201 g/mol. The van der Waals surface area contributed by atoms with Crippen LogP contribution in [-0.4, -0.2) is 15.6 Å². The Kier molecular flexibility index (Phi) is 2.15. The van der Waals surface area contributed by atoms with Gasteiger partial charge >= 0.3 is 0 Å². The minimum Gasteiger partial charge on any atom is -0.302 e. The molecule has 0 N–H and O–H groups in total. The first-order chi connectivity index (χ1) is 7.22. The van der Waals surface area contributed by atoms with Crippen LogP contribution >= 0.6 is 0 Å². The zero-order valence-corrected chi connectivity index (χ0v) is 7.97. The van der Waals surface area contributed by atoms with Gasteiger partial charge in [-0.2, -0.15) is 4.99 Å². The largest absolute Gasteiger partial charge is 0.302 e. The third kappa shape index (κ3) is 1.56. The number of rotatable bonds is 1. The Morgan fingerprint density at radius 1 is 1.47 bits per heavy atom. The van der Waals surface area contributed by atoms with Gasteiger partial charge in [0, 0.05) is 7.05 Å². The van der Waals surface area contributed by atoms with E-state index < -0.39 is 0 Å². The molecule has 0 unspecified atom stereocenters. The lowest BCUT2D eigenvalue weighted by Crippen LogP contribution is -2.16. The number of hydrogen-bond acceptors (Lipinski definition) is 4. The Morgan fingerprint density at radius 3 is 3.00 bits per heavy atom. The fourth-order valence-corrected chi connectivity index (χ4v) is 1.32. The first kappa shape index (κ1) is 9.30. The predicted octanol–water partition coefficient (Wildman–Crippen LogP) is 0.901. The quantitative estimate of drug-likeness (QED) is 0.508. The van der Waals surface area contributed by atoms with E-state index in [-0.39, 0.29) is 5.56 Å². The van der Waals surface area contributed by atoms with Crippen molar-refractivity contribution in [2.24, 2.45) is 12.0 Å². The molecule has 1 aromatic carbocycles. The maximum Gasteiger partial charge on any atom is 0.260 e. The smallest absolute Gasteiger partial charge is 0.260 e. The van der Waals surface area contributed by atoms with E-state index in [0.717, 1.165) is 0 Å². The van der Waals surface area contributed by atoms with Crippen molar-refractivity contribution >= 4 is 22.7 Å². The molecule has 0 aliphatic heterocycles. The standard InChI is InChI=1S/C10H7N3O2/c1-13-5-11-9-3-2-7(12-6-14)4-8(9)10(13)15/h2-5H,1H3. The van der Waals surface area contributed by atoms with E-state index in [1.54, 1.807) is 19.2 Å². The van der Waals surface area contributed by atoms with Gasteiger partial charge in [0.05, 0.1) is 22.9 Å². The SMILES string of the molecule is Cn1cnc2ccc(N=C=O)cc2c1=O. The highest BCUT2D eigenvalue weighted by Crippen LogP contribution is 2.15. The molecule has 2 rings (SSSR count). The van der Waals surface area contributed by atoms with Gasteiger partial charge in [0.15, 0.2) is 0 Å². The Bertz CT molecular complexity index is 624. The molecular formula is C10H7N3O2. The summed E-state index contributed by atoms with van der Waals surface area (Å²) in [5, 5.41) is 0.441. The van der Waals surface area contributed by atoms with Gasteiger partial charge in [-0.1, -0.05) is 0 Å². The second-order valence-corrected chi connectivity index (χ2v) is 3.07. The number of hydrogen-bond donors (Lipinski definition) is 0. The van der Waals surface area contributed by atoms with E-state index in [4.69, 9.17) is 0 Å². The fourth-order valence-electron chi connectivity index (χ4n) is 1.32. The molecule has 5 nitrogen and oxygen atoms in total. The van der Waals surface area contributed by atoms with Crippen LogP contribution in [0, 0.1) is 0 Å². The molecule has 1 heterocycles. The van der Waals surface area contributed by atoms with Crippen LogP contribution in [-0.2, 0) is 11.8 Å². The van der Waals surface area contributed by atoms with Crippen molar-refractivity contribution in [3.8, 4) is 0 Å². The molecule has 0 saturated carbocycles. The molecule has 0 aliphatic carbocycles. The molecule has 0 saturated heterocycles. The van der Waals surface area contributed by atoms with Crippen LogP contribution in [0.15, 0.2) is 34.3 Å². The van der Waals surface area contributed by atoms with Gasteiger partial charge in [-0.15, -0.1) is 0 Å². The summed E-state index contributed by atoms with van der Waals surface area (Å²) in [6.07, 6.45) is 2.88. The topological polar surface area (TPSA) is 64.3 Å². The Morgan fingerprint density at radius 2 is 2.27 bits per heavy atom. The Hall–Kier alpha value is -2.26. The van der Waals surface area contributed by atoms with Crippen LogP contribution in [0.2, 0.25) is 0 Å². The summed E-state index contributed by atoms with van der Waals surface area (Å²) in [4.78, 5) is 29.3. The van der Waals surface area contributed by atoms with Crippen LogP contribution in [0.3, 0.4) is 0 Å². The van der Waals surface area contributed by atoms with E-state index in [1.807, 2.05) is 0 Å². The third-order valence-electron chi connectivity index (χ3n) is 2.08. The van der Waals surface area contributed by atoms with Crippen molar-refractivity contribution < 1.29 is 4.79 Å². The van der Waals surface area contributed by atoms with Crippen molar-refractivity contribution in [2.75, 3.05) is 0 Å². The maximum atomic E-state index is 11.7. The second-order valence-electron chi connectivity index (χ2n) is 3.07. The number of fused-ring (bicyclic) bond motifs is 1. The van der Waals surface area contributed by atoms with E-state index in [1.165, 1.54) is 23.0 Å². The minimum atomic E-state index is -0.164. The van der Waals surface area contributed by atoms with E-state index in [2.05, 4.69) is 9.98 Å². The van der Waals surface area contributed by atoms with E-state index in [0.29, 0.717) is 16.6 Å². The Labute approximate surface area is 84.7 Å². The number of aliphatic imine (C=N–C) groups is 1. The maximum absolute atomic E-state index is 11.7. The number of carbonyl (C=O) groups excluding carboxylic acids is 1. The van der Waals surface area contributed by atoms with Crippen LogP contribution in [0.25, 0.3) is 10.9 Å². The highest BCUT2D eigenvalue weighted by Gasteiger charge is 2.02. The molecule has 74 valence electrons. The summed E-state index contributed by atoms with van der Waals surface area (Å²) in [6.45, 7) is 0. The van der Waals surface area contributed by atoms with Crippen LogP contribution < -0.4 is 5.56 Å². The highest BCUT2D eigenvalue weighted by molar-refractivity contribution is 5.81. The summed E-state index contributed by atoms with van der Waals surface area (Å²) in [5.74, 6) is 0. The fraction of sp³-hybridized carbons (Fsp3) is 0.100. The molecule has 15 heavy (non-hydrogen) atoms. The molecule has 0 atom stereocenters. The van der Waals surface area contributed by atoms with Crippen molar-refractivity contribution in [3.05, 3.63) is 34.9 Å². The van der Waals surface area contributed by atoms with Gasteiger partial charge in [-0.25, -0.2) is 9.78 Å². The lowest BCUT2D eigenvalue weighted by molar-refractivity contribution is 0.565. The molecule has 1 aromatic heterocycles. The zero-order valence-electron chi connectivity index (χ0n) is 7.97. The summed E-state index contributed by atoms with van der Waals surface area (Å²) in [6, 6.07) is 4.78. The van der Waals surface area contributed by atoms with Gasteiger partial charge in [-0.3, -0.25) is 4.79 Å². The molecule has 0 bridgehead atoms. The summed E-state index contributed by atoms with van der Waals surface area (Å²) >= 11 is 0. The number of aromatic nitrogens is 2. The van der Waals surface area contributed by atoms with E-state index in [9.17, 15) is 9.59 Å². The zero-order chi connectivity index (χ0) is 10.8. The summed E-state index contributed by atoms with van der Waals surface area (Å²) in [7, 11) is 1.62. The van der Waals surface area contributed by atoms with Crippen molar-refractivity contribution in [1.82, 2.24) is 9.55 Å². The lowest BCUT2D eigenvalue weighted by Gasteiger charge is -1.99. The second kappa shape index (κ2) is 3.48. The molecule has 0 amide bonds.